The fourth-order valence-electron chi connectivity index (χ4n) is 2.15. The van der Waals surface area contributed by atoms with Gasteiger partial charge in [0.05, 0.1) is 19.0 Å². The Hall–Kier alpha value is -2.99. The number of aromatic amines is 1. The van der Waals surface area contributed by atoms with Gasteiger partial charge >= 0.3 is 5.97 Å². The molecule has 156 valence electrons. The maximum absolute atomic E-state index is 12.4. The highest BCUT2D eigenvalue weighted by molar-refractivity contribution is 5.93. The largest absolute Gasteiger partial charge is 0.480 e. The summed E-state index contributed by atoms with van der Waals surface area (Å²) in [5.74, 6) is -3.61. The minimum absolute atomic E-state index is 0.00516. The highest BCUT2D eigenvalue weighted by Gasteiger charge is 2.29. The number of carbonyl (C=O) groups is 4. The Balaban J connectivity index is 2.82. The van der Waals surface area contributed by atoms with Gasteiger partial charge in [-0.15, -0.1) is 0 Å². The molecule has 12 heteroatoms. The summed E-state index contributed by atoms with van der Waals surface area (Å²) in [5.41, 5.74) is 6.23. The molecule has 3 amide bonds. The summed E-state index contributed by atoms with van der Waals surface area (Å²) in [6.45, 7) is 2.12. The molecule has 0 bridgehead atoms. The molecule has 0 fully saturated rings. The van der Waals surface area contributed by atoms with Gasteiger partial charge in [0.15, 0.2) is 0 Å². The molecule has 3 atom stereocenters. The van der Waals surface area contributed by atoms with Crippen LogP contribution in [0.2, 0.25) is 0 Å². The van der Waals surface area contributed by atoms with E-state index in [1.807, 2.05) is 0 Å². The molecule has 0 aliphatic rings. The van der Waals surface area contributed by atoms with E-state index in [1.54, 1.807) is 13.8 Å². The first-order valence-electron chi connectivity index (χ1n) is 8.59. The number of aliphatic hydroxyl groups excluding tert-OH is 1. The van der Waals surface area contributed by atoms with Crippen molar-refractivity contribution in [2.75, 3.05) is 13.2 Å². The van der Waals surface area contributed by atoms with Gasteiger partial charge in [0.25, 0.3) is 0 Å². The van der Waals surface area contributed by atoms with E-state index in [9.17, 15) is 24.3 Å². The highest BCUT2D eigenvalue weighted by Crippen LogP contribution is 2.02. The molecule has 0 spiro atoms. The second-order valence-corrected chi connectivity index (χ2v) is 6.47. The lowest BCUT2D eigenvalue weighted by Gasteiger charge is -2.23. The van der Waals surface area contributed by atoms with Gasteiger partial charge in [-0.05, 0) is 5.92 Å². The minimum Gasteiger partial charge on any atom is -0.480 e. The summed E-state index contributed by atoms with van der Waals surface area (Å²) in [7, 11) is 0. The van der Waals surface area contributed by atoms with Crippen molar-refractivity contribution in [2.45, 2.75) is 38.4 Å². The molecule has 1 aromatic heterocycles. The maximum atomic E-state index is 12.4. The van der Waals surface area contributed by atoms with Gasteiger partial charge in [-0.2, -0.15) is 0 Å². The van der Waals surface area contributed by atoms with Crippen LogP contribution < -0.4 is 21.7 Å². The number of amides is 3. The number of imidazole rings is 1. The second kappa shape index (κ2) is 11.0. The molecule has 0 aliphatic heterocycles. The monoisotopic (exact) mass is 398 g/mol. The standard InChI is InChI=1S/C16H26N6O6/c1-8(2)13(17)16(28)22-11(6-23)15(27)21-10(3-9-4-18-7-20-9)14(26)19-5-12(24)25/h4,7-8,10-11,13,23H,3,5-6,17H2,1-2H3,(H,18,20)(H,19,26)(H,21,27)(H,22,28)(H,24,25). The predicted octanol–water partition coefficient (Wildman–Crippen LogP) is -2.90. The average Bonchev–Trinajstić information content (AvgIpc) is 3.15. The third-order valence-corrected chi connectivity index (χ3v) is 3.86. The number of carboxylic acids is 1. The Morgan fingerprint density at radius 3 is 2.29 bits per heavy atom. The third kappa shape index (κ3) is 7.32. The topological polar surface area (TPSA) is 200 Å². The lowest BCUT2D eigenvalue weighted by atomic mass is 10.0. The molecule has 1 aromatic rings. The van der Waals surface area contributed by atoms with Gasteiger partial charge < -0.3 is 36.9 Å². The van der Waals surface area contributed by atoms with Crippen molar-refractivity contribution in [3.05, 3.63) is 18.2 Å². The Bertz CT molecular complexity index is 677. The molecule has 8 N–H and O–H groups in total. The Kier molecular flexibility index (Phi) is 9.05. The van der Waals surface area contributed by atoms with Crippen molar-refractivity contribution in [1.29, 1.82) is 0 Å². The lowest BCUT2D eigenvalue weighted by molar-refractivity contribution is -0.138. The van der Waals surface area contributed by atoms with E-state index in [4.69, 9.17) is 10.8 Å². The number of rotatable bonds is 11. The van der Waals surface area contributed by atoms with Crippen LogP contribution in [-0.2, 0) is 25.6 Å². The van der Waals surface area contributed by atoms with E-state index < -0.39 is 55.0 Å². The smallest absolute Gasteiger partial charge is 0.322 e. The van der Waals surface area contributed by atoms with Gasteiger partial charge in [0.1, 0.15) is 18.6 Å². The molecule has 0 saturated heterocycles. The molecule has 28 heavy (non-hydrogen) atoms. The van der Waals surface area contributed by atoms with Crippen LogP contribution in [0.1, 0.15) is 19.5 Å². The number of carboxylic acid groups (broad SMARTS) is 1. The molecule has 0 aromatic carbocycles. The number of H-pyrrole nitrogens is 1. The van der Waals surface area contributed by atoms with Crippen molar-refractivity contribution in [3.63, 3.8) is 0 Å². The molecule has 12 nitrogen and oxygen atoms in total. The number of hydrogen-bond donors (Lipinski definition) is 7. The summed E-state index contributed by atoms with van der Waals surface area (Å²) in [6, 6.07) is -3.35. The fourth-order valence-corrected chi connectivity index (χ4v) is 2.15. The minimum atomic E-state index is -1.33. The number of hydrogen-bond acceptors (Lipinski definition) is 7. The number of aliphatic carboxylic acids is 1. The van der Waals surface area contributed by atoms with Gasteiger partial charge in [0.2, 0.25) is 17.7 Å². The highest BCUT2D eigenvalue weighted by atomic mass is 16.4. The zero-order valence-electron chi connectivity index (χ0n) is 15.6. The molecule has 0 radical (unpaired) electrons. The van der Waals surface area contributed by atoms with Crippen LogP contribution in [0.15, 0.2) is 12.5 Å². The van der Waals surface area contributed by atoms with Crippen LogP contribution in [0.5, 0.6) is 0 Å². The maximum Gasteiger partial charge on any atom is 0.322 e. The Morgan fingerprint density at radius 1 is 1.14 bits per heavy atom. The first-order chi connectivity index (χ1) is 13.1. The summed E-state index contributed by atoms with van der Waals surface area (Å²) >= 11 is 0. The second-order valence-electron chi connectivity index (χ2n) is 6.47. The molecular weight excluding hydrogens is 372 g/mol. The summed E-state index contributed by atoms with van der Waals surface area (Å²) < 4.78 is 0. The predicted molar refractivity (Wildman–Crippen MR) is 96.7 cm³/mol. The van der Waals surface area contributed by atoms with E-state index in [0.717, 1.165) is 0 Å². The molecule has 0 saturated carbocycles. The van der Waals surface area contributed by atoms with Crippen LogP contribution in [0.3, 0.4) is 0 Å². The van der Waals surface area contributed by atoms with Crippen molar-refractivity contribution in [1.82, 2.24) is 25.9 Å². The SMILES string of the molecule is CC(C)C(N)C(=O)NC(CO)C(=O)NC(Cc1cnc[nH]1)C(=O)NCC(=O)O. The van der Waals surface area contributed by atoms with Gasteiger partial charge in [-0.3, -0.25) is 19.2 Å². The lowest BCUT2D eigenvalue weighted by Crippen LogP contribution is -2.58. The first kappa shape index (κ1) is 23.0. The Labute approximate surface area is 161 Å². The fraction of sp³-hybridized carbons (Fsp3) is 0.562. The van der Waals surface area contributed by atoms with Crippen molar-refractivity contribution in [3.8, 4) is 0 Å². The van der Waals surface area contributed by atoms with E-state index in [2.05, 4.69) is 25.9 Å². The van der Waals surface area contributed by atoms with Crippen molar-refractivity contribution in [2.24, 2.45) is 11.7 Å². The van der Waals surface area contributed by atoms with Crippen LogP contribution in [0, 0.1) is 5.92 Å². The molecular formula is C16H26N6O6. The number of aromatic nitrogens is 2. The van der Waals surface area contributed by atoms with Crippen LogP contribution in [0.25, 0.3) is 0 Å². The average molecular weight is 398 g/mol. The van der Waals surface area contributed by atoms with Gasteiger partial charge in [-0.25, -0.2) is 4.98 Å². The normalized spacial score (nSPS) is 14.0. The molecule has 0 aliphatic carbocycles. The zero-order chi connectivity index (χ0) is 21.3. The number of nitrogens with zero attached hydrogens (tertiary/aromatic N) is 1. The van der Waals surface area contributed by atoms with Crippen LogP contribution in [-0.4, -0.2) is 75.1 Å². The summed E-state index contributed by atoms with van der Waals surface area (Å²) in [4.78, 5) is 53.9. The number of nitrogens with one attached hydrogen (secondary N) is 4. The van der Waals surface area contributed by atoms with Crippen molar-refractivity contribution < 1.29 is 29.4 Å². The van der Waals surface area contributed by atoms with Crippen LogP contribution >= 0.6 is 0 Å². The van der Waals surface area contributed by atoms with E-state index >= 15 is 0 Å². The summed E-state index contributed by atoms with van der Waals surface area (Å²) in [5, 5.41) is 25.0. The van der Waals surface area contributed by atoms with E-state index in [1.165, 1.54) is 12.5 Å². The molecule has 1 heterocycles. The first-order valence-corrected chi connectivity index (χ1v) is 8.59. The Morgan fingerprint density at radius 2 is 1.79 bits per heavy atom. The van der Waals surface area contributed by atoms with Crippen LogP contribution in [0.4, 0.5) is 0 Å². The zero-order valence-corrected chi connectivity index (χ0v) is 15.6. The van der Waals surface area contributed by atoms with Gasteiger partial charge in [-0.1, -0.05) is 13.8 Å². The van der Waals surface area contributed by atoms with E-state index in [0.29, 0.717) is 5.69 Å². The van der Waals surface area contributed by atoms with E-state index in [-0.39, 0.29) is 12.3 Å². The summed E-state index contributed by atoms with van der Waals surface area (Å²) in [6.07, 6.45) is 2.82. The van der Waals surface area contributed by atoms with Gasteiger partial charge in [0, 0.05) is 18.3 Å². The number of nitrogens with two attached hydrogens (primary N) is 1. The molecule has 3 unspecified atom stereocenters. The number of carbonyl (C=O) groups excluding carboxylic acids is 3. The number of aliphatic hydroxyl groups is 1. The third-order valence-electron chi connectivity index (χ3n) is 3.86. The quantitative estimate of drug-likeness (QED) is 0.206. The van der Waals surface area contributed by atoms with Crippen molar-refractivity contribution >= 4 is 23.7 Å². The molecule has 1 rings (SSSR count).